The normalized spacial score (nSPS) is 26.1. The van der Waals surface area contributed by atoms with E-state index in [2.05, 4.69) is 5.32 Å². The van der Waals surface area contributed by atoms with Crippen molar-refractivity contribution in [1.29, 1.82) is 0 Å². The van der Waals surface area contributed by atoms with E-state index >= 15 is 0 Å². The number of carbonyl (C=O) groups is 3. The van der Waals surface area contributed by atoms with E-state index in [1.54, 1.807) is 25.1 Å². The van der Waals surface area contributed by atoms with Crippen molar-refractivity contribution in [2.24, 2.45) is 11.8 Å². The van der Waals surface area contributed by atoms with Crippen LogP contribution >= 0.6 is 11.6 Å². The summed E-state index contributed by atoms with van der Waals surface area (Å²) in [4.78, 5) is 37.5. The van der Waals surface area contributed by atoms with Crippen LogP contribution in [0, 0.1) is 11.8 Å². The second-order valence-electron chi connectivity index (χ2n) is 6.53. The zero-order valence-electron chi connectivity index (χ0n) is 14.2. The van der Waals surface area contributed by atoms with Crippen LogP contribution in [-0.2, 0) is 19.1 Å². The first-order valence-electron chi connectivity index (χ1n) is 8.41. The first-order valence-corrected chi connectivity index (χ1v) is 8.79. The molecular formula is C19H20ClNO4. The van der Waals surface area contributed by atoms with E-state index in [4.69, 9.17) is 16.3 Å². The first-order chi connectivity index (χ1) is 11.9. The molecule has 0 spiro atoms. The van der Waals surface area contributed by atoms with Crippen LogP contribution in [0.4, 0.5) is 0 Å². The van der Waals surface area contributed by atoms with Gasteiger partial charge in [-0.2, -0.15) is 0 Å². The zero-order chi connectivity index (χ0) is 18.1. The highest BCUT2D eigenvalue weighted by atomic mass is 35.5. The Hall–Kier alpha value is -2.14. The lowest BCUT2D eigenvalue weighted by atomic mass is 9.70. The number of hydrogen-bond acceptors (Lipinski definition) is 4. The zero-order valence-corrected chi connectivity index (χ0v) is 14.9. The number of benzene rings is 1. The second-order valence-corrected chi connectivity index (χ2v) is 6.96. The number of ketones is 1. The van der Waals surface area contributed by atoms with Crippen LogP contribution in [0.3, 0.4) is 0 Å². The van der Waals surface area contributed by atoms with Gasteiger partial charge in [0.1, 0.15) is 5.92 Å². The molecule has 0 aromatic heterocycles. The molecule has 1 aromatic carbocycles. The summed E-state index contributed by atoms with van der Waals surface area (Å²) < 4.78 is 5.09. The van der Waals surface area contributed by atoms with Gasteiger partial charge in [-0.1, -0.05) is 30.7 Å². The number of esters is 1. The van der Waals surface area contributed by atoms with Gasteiger partial charge in [0.05, 0.1) is 6.61 Å². The Balaban J connectivity index is 2.04. The van der Waals surface area contributed by atoms with Crippen molar-refractivity contribution < 1.29 is 19.1 Å². The molecule has 1 aliphatic carbocycles. The lowest BCUT2D eigenvalue weighted by Crippen LogP contribution is -2.44. The highest BCUT2D eigenvalue weighted by Crippen LogP contribution is 2.42. The average Bonchev–Trinajstić information content (AvgIpc) is 2.53. The largest absolute Gasteiger partial charge is 0.465 e. The number of rotatable bonds is 3. The minimum Gasteiger partial charge on any atom is -0.465 e. The monoisotopic (exact) mass is 361 g/mol. The summed E-state index contributed by atoms with van der Waals surface area (Å²) in [5.41, 5.74) is 1.94. The van der Waals surface area contributed by atoms with Gasteiger partial charge in [-0.05, 0) is 37.0 Å². The van der Waals surface area contributed by atoms with Crippen molar-refractivity contribution in [2.75, 3.05) is 6.61 Å². The first kappa shape index (κ1) is 17.7. The van der Waals surface area contributed by atoms with E-state index in [9.17, 15) is 14.4 Å². The number of Topliss-reactive ketones (excluding diaryl/α,β-unsaturated/α-hetero) is 1. The molecule has 5 nitrogen and oxygen atoms in total. The Labute approximate surface area is 151 Å². The third-order valence-electron chi connectivity index (χ3n) is 4.79. The van der Waals surface area contributed by atoms with Crippen molar-refractivity contribution in [1.82, 2.24) is 5.32 Å². The Morgan fingerprint density at radius 2 is 2.08 bits per heavy atom. The molecule has 0 saturated heterocycles. The Morgan fingerprint density at radius 3 is 2.76 bits per heavy atom. The fourth-order valence-corrected chi connectivity index (χ4v) is 3.91. The Morgan fingerprint density at radius 1 is 1.32 bits per heavy atom. The van der Waals surface area contributed by atoms with E-state index in [0.717, 1.165) is 5.56 Å². The van der Waals surface area contributed by atoms with Crippen molar-refractivity contribution in [3.63, 3.8) is 0 Å². The third-order valence-corrected chi connectivity index (χ3v) is 5.02. The van der Waals surface area contributed by atoms with Crippen LogP contribution in [0.15, 0.2) is 35.5 Å². The number of amides is 1. The van der Waals surface area contributed by atoms with E-state index in [1.165, 1.54) is 0 Å². The molecule has 3 rings (SSSR count). The van der Waals surface area contributed by atoms with Gasteiger partial charge in [-0.3, -0.25) is 14.4 Å². The van der Waals surface area contributed by atoms with Gasteiger partial charge < -0.3 is 10.1 Å². The number of carbonyl (C=O) groups excluding carboxylic acids is 3. The molecule has 0 fully saturated rings. The van der Waals surface area contributed by atoms with E-state index in [-0.39, 0.29) is 36.6 Å². The number of halogens is 1. The molecule has 0 saturated carbocycles. The number of nitrogens with one attached hydrogen (secondary N) is 1. The fourth-order valence-electron chi connectivity index (χ4n) is 3.71. The summed E-state index contributed by atoms with van der Waals surface area (Å²) in [7, 11) is 0. The van der Waals surface area contributed by atoms with Crippen molar-refractivity contribution in [3.8, 4) is 0 Å². The highest BCUT2D eigenvalue weighted by molar-refractivity contribution is 6.30. The van der Waals surface area contributed by atoms with Crippen LogP contribution < -0.4 is 5.32 Å². The fraction of sp³-hybridized carbons (Fsp3) is 0.421. The third kappa shape index (κ3) is 3.33. The SMILES string of the molecule is CCOC(=O)C1C(=O)C2=C(CC1C)NC(=O)CC2c1cccc(Cl)c1. The van der Waals surface area contributed by atoms with Gasteiger partial charge in [-0.15, -0.1) is 0 Å². The van der Waals surface area contributed by atoms with Gasteiger partial charge in [0.25, 0.3) is 0 Å². The van der Waals surface area contributed by atoms with Crippen LogP contribution in [0.25, 0.3) is 0 Å². The van der Waals surface area contributed by atoms with Crippen molar-refractivity contribution in [3.05, 3.63) is 46.1 Å². The van der Waals surface area contributed by atoms with Crippen LogP contribution in [0.2, 0.25) is 5.02 Å². The standard InChI is InChI=1S/C19H20ClNO4/c1-3-25-19(24)16-10(2)7-14-17(18(16)23)13(9-15(22)21-14)11-5-4-6-12(20)8-11/h4-6,8,10,13,16H,3,7,9H2,1-2H3,(H,21,22). The Bertz CT molecular complexity index is 770. The van der Waals surface area contributed by atoms with E-state index in [0.29, 0.717) is 22.7 Å². The molecule has 2 aliphatic rings. The summed E-state index contributed by atoms with van der Waals surface area (Å²) in [6, 6.07) is 7.16. The average molecular weight is 362 g/mol. The summed E-state index contributed by atoms with van der Waals surface area (Å²) in [6.07, 6.45) is 0.627. The van der Waals surface area contributed by atoms with Gasteiger partial charge in [0.15, 0.2) is 5.78 Å². The lowest BCUT2D eigenvalue weighted by Gasteiger charge is -2.36. The summed E-state index contributed by atoms with van der Waals surface area (Å²) in [5, 5.41) is 3.37. The maximum Gasteiger partial charge on any atom is 0.317 e. The quantitative estimate of drug-likeness (QED) is 0.663. The molecule has 1 heterocycles. The summed E-state index contributed by atoms with van der Waals surface area (Å²) in [5.74, 6) is -2.30. The molecule has 0 bridgehead atoms. The van der Waals surface area contributed by atoms with Gasteiger partial charge in [0, 0.05) is 28.6 Å². The smallest absolute Gasteiger partial charge is 0.317 e. The molecule has 132 valence electrons. The predicted octanol–water partition coefficient (Wildman–Crippen LogP) is 2.99. The highest BCUT2D eigenvalue weighted by Gasteiger charge is 2.45. The number of allylic oxidation sites excluding steroid dienone is 2. The van der Waals surface area contributed by atoms with Crippen LogP contribution in [0.5, 0.6) is 0 Å². The molecule has 6 heteroatoms. The minimum absolute atomic E-state index is 0.127. The molecule has 1 aromatic rings. The maximum atomic E-state index is 13.1. The second kappa shape index (κ2) is 7.00. The van der Waals surface area contributed by atoms with E-state index in [1.807, 2.05) is 13.0 Å². The topological polar surface area (TPSA) is 72.5 Å². The molecule has 3 atom stereocenters. The van der Waals surface area contributed by atoms with Crippen LogP contribution in [-0.4, -0.2) is 24.3 Å². The van der Waals surface area contributed by atoms with Crippen molar-refractivity contribution in [2.45, 2.75) is 32.6 Å². The molecule has 3 unspecified atom stereocenters. The molecule has 25 heavy (non-hydrogen) atoms. The minimum atomic E-state index is -0.824. The molecule has 1 amide bonds. The molecule has 0 radical (unpaired) electrons. The van der Waals surface area contributed by atoms with Gasteiger partial charge in [0.2, 0.25) is 5.91 Å². The molecular weight excluding hydrogens is 342 g/mol. The lowest BCUT2D eigenvalue weighted by molar-refractivity contribution is -0.153. The van der Waals surface area contributed by atoms with E-state index < -0.39 is 11.9 Å². The van der Waals surface area contributed by atoms with Gasteiger partial charge in [-0.25, -0.2) is 0 Å². The predicted molar refractivity (Wildman–Crippen MR) is 92.9 cm³/mol. The maximum absolute atomic E-state index is 13.1. The molecule has 1 N–H and O–H groups in total. The Kier molecular flexibility index (Phi) is 4.95. The molecule has 1 aliphatic heterocycles. The van der Waals surface area contributed by atoms with Gasteiger partial charge >= 0.3 is 5.97 Å². The van der Waals surface area contributed by atoms with Crippen molar-refractivity contribution >= 4 is 29.3 Å². The summed E-state index contributed by atoms with van der Waals surface area (Å²) in [6.45, 7) is 3.78. The number of ether oxygens (including phenoxy) is 1. The van der Waals surface area contributed by atoms with Crippen LogP contribution in [0.1, 0.15) is 38.2 Å². The summed E-state index contributed by atoms with van der Waals surface area (Å²) >= 11 is 6.08. The number of hydrogen-bond donors (Lipinski definition) is 1.